The molecule has 102 valence electrons. The molecule has 1 aliphatic rings. The van der Waals surface area contributed by atoms with Gasteiger partial charge in [-0.2, -0.15) is 0 Å². The molecule has 3 nitrogen and oxygen atoms in total. The number of piperidine rings is 1. The van der Waals surface area contributed by atoms with E-state index in [4.69, 9.17) is 4.43 Å². The Morgan fingerprint density at radius 1 is 1.12 bits per heavy atom. The van der Waals surface area contributed by atoms with Crippen molar-refractivity contribution < 1.29 is 4.43 Å². The lowest BCUT2D eigenvalue weighted by molar-refractivity contribution is 0.229. The van der Waals surface area contributed by atoms with Crippen LogP contribution in [0.5, 0.6) is 0 Å². The lowest BCUT2D eigenvalue weighted by atomic mass is 10.1. The topological polar surface area (TPSA) is 24.5 Å². The van der Waals surface area contributed by atoms with Gasteiger partial charge >= 0.3 is 0 Å². The fraction of sp³-hybridized carbons (Fsp3) is 1.00. The standard InChI is InChI=1S/C13H30N2OSi/c1-16-17(2,3)13-7-8-14-9-12-15-10-5-4-6-11-15/h14H,4-13H2,1-3H3. The molecule has 17 heavy (non-hydrogen) atoms. The molecule has 0 atom stereocenters. The SMILES string of the molecule is CO[Si](C)(C)CCCNCCN1CCCCC1. The van der Waals surface area contributed by atoms with Crippen molar-refractivity contribution in [1.29, 1.82) is 0 Å². The molecule has 0 aromatic rings. The van der Waals surface area contributed by atoms with Gasteiger partial charge in [-0.15, -0.1) is 0 Å². The maximum Gasteiger partial charge on any atom is 0.186 e. The largest absolute Gasteiger partial charge is 0.420 e. The fourth-order valence-electron chi connectivity index (χ4n) is 2.29. The summed E-state index contributed by atoms with van der Waals surface area (Å²) in [4.78, 5) is 2.59. The van der Waals surface area contributed by atoms with Crippen molar-refractivity contribution in [3.8, 4) is 0 Å². The van der Waals surface area contributed by atoms with Crippen LogP contribution in [0.2, 0.25) is 19.1 Å². The van der Waals surface area contributed by atoms with Crippen LogP contribution in [0.4, 0.5) is 0 Å². The van der Waals surface area contributed by atoms with Crippen LogP contribution in [0.1, 0.15) is 25.7 Å². The zero-order valence-electron chi connectivity index (χ0n) is 11.9. The smallest absolute Gasteiger partial charge is 0.186 e. The Morgan fingerprint density at radius 3 is 2.47 bits per heavy atom. The molecule has 1 rings (SSSR count). The molecule has 0 saturated carbocycles. The average Bonchev–Trinajstić information content (AvgIpc) is 2.35. The summed E-state index contributed by atoms with van der Waals surface area (Å²) in [6.45, 7) is 10.7. The molecule has 1 fully saturated rings. The first-order valence-corrected chi connectivity index (χ1v) is 10.2. The normalized spacial score (nSPS) is 18.5. The van der Waals surface area contributed by atoms with E-state index >= 15 is 0 Å². The van der Waals surface area contributed by atoms with E-state index in [1.165, 1.54) is 51.4 Å². The monoisotopic (exact) mass is 258 g/mol. The number of rotatable bonds is 8. The second kappa shape index (κ2) is 8.24. The lowest BCUT2D eigenvalue weighted by Crippen LogP contribution is -2.36. The molecule has 0 aromatic heterocycles. The zero-order valence-corrected chi connectivity index (χ0v) is 12.9. The maximum absolute atomic E-state index is 5.54. The predicted molar refractivity (Wildman–Crippen MR) is 77.1 cm³/mol. The molecule has 1 N–H and O–H groups in total. The third-order valence-electron chi connectivity index (χ3n) is 3.74. The minimum Gasteiger partial charge on any atom is -0.420 e. The van der Waals surface area contributed by atoms with E-state index in [1.807, 2.05) is 7.11 Å². The van der Waals surface area contributed by atoms with Gasteiger partial charge in [-0.3, -0.25) is 0 Å². The van der Waals surface area contributed by atoms with E-state index in [-0.39, 0.29) is 0 Å². The Morgan fingerprint density at radius 2 is 1.82 bits per heavy atom. The Kier molecular flexibility index (Phi) is 7.35. The van der Waals surface area contributed by atoms with Crippen LogP contribution in [0, 0.1) is 0 Å². The molecule has 0 aliphatic carbocycles. The fourth-order valence-corrected chi connectivity index (χ4v) is 3.52. The Balaban J connectivity index is 1.90. The van der Waals surface area contributed by atoms with Crippen LogP contribution in [0.25, 0.3) is 0 Å². The minimum absolute atomic E-state index is 1.15. The van der Waals surface area contributed by atoms with Gasteiger partial charge in [0, 0.05) is 20.2 Å². The van der Waals surface area contributed by atoms with Crippen molar-refractivity contribution >= 4 is 8.32 Å². The second-order valence-corrected chi connectivity index (χ2v) is 10.1. The van der Waals surface area contributed by atoms with E-state index in [2.05, 4.69) is 23.3 Å². The number of nitrogens with one attached hydrogen (secondary N) is 1. The van der Waals surface area contributed by atoms with Crippen LogP contribution in [-0.2, 0) is 4.43 Å². The summed E-state index contributed by atoms with van der Waals surface area (Å²) in [5, 5.41) is 3.55. The molecular weight excluding hydrogens is 228 g/mol. The molecule has 1 aliphatic heterocycles. The maximum atomic E-state index is 5.54. The molecule has 4 heteroatoms. The van der Waals surface area contributed by atoms with E-state index < -0.39 is 8.32 Å². The Hall–Kier alpha value is 0.0969. The quantitative estimate of drug-likeness (QED) is 0.534. The third-order valence-corrected chi connectivity index (χ3v) is 6.40. The van der Waals surface area contributed by atoms with E-state index in [9.17, 15) is 0 Å². The molecule has 0 bridgehead atoms. The molecule has 0 spiro atoms. The first-order chi connectivity index (χ1) is 8.14. The van der Waals surface area contributed by atoms with Gasteiger partial charge in [-0.25, -0.2) is 0 Å². The Bertz CT molecular complexity index is 194. The van der Waals surface area contributed by atoms with Gasteiger partial charge in [0.25, 0.3) is 0 Å². The first kappa shape index (κ1) is 15.2. The average molecular weight is 258 g/mol. The van der Waals surface area contributed by atoms with E-state index in [0.29, 0.717) is 0 Å². The van der Waals surface area contributed by atoms with E-state index in [0.717, 1.165) is 13.1 Å². The molecule has 0 radical (unpaired) electrons. The predicted octanol–water partition coefficient (Wildman–Crippen LogP) is 2.30. The Labute approximate surface area is 108 Å². The van der Waals surface area contributed by atoms with E-state index in [1.54, 1.807) is 0 Å². The van der Waals surface area contributed by atoms with Crippen LogP contribution in [-0.4, -0.2) is 53.1 Å². The third kappa shape index (κ3) is 7.19. The van der Waals surface area contributed by atoms with Crippen LogP contribution >= 0.6 is 0 Å². The summed E-state index contributed by atoms with van der Waals surface area (Å²) in [7, 11) is 0.537. The highest BCUT2D eigenvalue weighted by Gasteiger charge is 2.19. The highest BCUT2D eigenvalue weighted by molar-refractivity contribution is 6.71. The van der Waals surface area contributed by atoms with Crippen molar-refractivity contribution in [3.63, 3.8) is 0 Å². The van der Waals surface area contributed by atoms with Crippen LogP contribution in [0.3, 0.4) is 0 Å². The molecule has 1 saturated heterocycles. The summed E-state index contributed by atoms with van der Waals surface area (Å²) in [6.07, 6.45) is 5.48. The summed E-state index contributed by atoms with van der Waals surface area (Å²) in [6, 6.07) is 1.26. The van der Waals surface area contributed by atoms with Crippen molar-refractivity contribution in [2.75, 3.05) is 39.8 Å². The summed E-state index contributed by atoms with van der Waals surface area (Å²) >= 11 is 0. The van der Waals surface area contributed by atoms with Crippen LogP contribution < -0.4 is 5.32 Å². The van der Waals surface area contributed by atoms with Crippen LogP contribution in [0.15, 0.2) is 0 Å². The van der Waals surface area contributed by atoms with Gasteiger partial charge in [0.15, 0.2) is 8.32 Å². The highest BCUT2D eigenvalue weighted by atomic mass is 28.4. The van der Waals surface area contributed by atoms with Gasteiger partial charge in [-0.1, -0.05) is 6.42 Å². The van der Waals surface area contributed by atoms with Gasteiger partial charge in [0.2, 0.25) is 0 Å². The molecule has 0 amide bonds. The molecule has 1 heterocycles. The zero-order chi connectivity index (χ0) is 12.6. The van der Waals surface area contributed by atoms with Crippen molar-refractivity contribution in [3.05, 3.63) is 0 Å². The summed E-state index contributed by atoms with van der Waals surface area (Å²) in [5.41, 5.74) is 0. The molecule has 0 aromatic carbocycles. The van der Waals surface area contributed by atoms with Crippen molar-refractivity contribution in [2.24, 2.45) is 0 Å². The summed E-state index contributed by atoms with van der Waals surface area (Å²) in [5.74, 6) is 0. The van der Waals surface area contributed by atoms with Gasteiger partial charge in [-0.05, 0) is 58.0 Å². The number of nitrogens with zero attached hydrogens (tertiary/aromatic N) is 1. The molecule has 0 unspecified atom stereocenters. The highest BCUT2D eigenvalue weighted by Crippen LogP contribution is 2.11. The van der Waals surface area contributed by atoms with Crippen molar-refractivity contribution in [1.82, 2.24) is 10.2 Å². The number of likely N-dealkylation sites (tertiary alicyclic amines) is 1. The number of hydrogen-bond acceptors (Lipinski definition) is 3. The lowest BCUT2D eigenvalue weighted by Gasteiger charge is -2.26. The van der Waals surface area contributed by atoms with Gasteiger partial charge in [0.05, 0.1) is 0 Å². The second-order valence-electron chi connectivity index (χ2n) is 5.72. The first-order valence-electron chi connectivity index (χ1n) is 7.12. The minimum atomic E-state index is -1.32. The van der Waals surface area contributed by atoms with Gasteiger partial charge in [0.1, 0.15) is 0 Å². The van der Waals surface area contributed by atoms with Gasteiger partial charge < -0.3 is 14.6 Å². The van der Waals surface area contributed by atoms with Crippen molar-refractivity contribution in [2.45, 2.75) is 44.8 Å². The number of hydrogen-bond donors (Lipinski definition) is 1. The summed E-state index contributed by atoms with van der Waals surface area (Å²) < 4.78 is 5.54. The molecular formula is C13H30N2OSi.